The molecule has 1 aromatic carbocycles. The molecule has 2 aromatic rings. The number of hydrogen-bond acceptors (Lipinski definition) is 3. The van der Waals surface area contributed by atoms with Crippen LogP contribution in [0.15, 0.2) is 39.5 Å². The number of carbonyl (C=O) groups is 2. The Morgan fingerprint density at radius 1 is 1.27 bits per heavy atom. The van der Waals surface area contributed by atoms with Gasteiger partial charge in [0.25, 0.3) is 5.91 Å². The number of likely N-dealkylation sites (tertiary alicyclic amines) is 1. The fourth-order valence-electron chi connectivity index (χ4n) is 2.84. The third-order valence-electron chi connectivity index (χ3n) is 4.35. The van der Waals surface area contributed by atoms with E-state index < -0.39 is 0 Å². The minimum atomic E-state index is -0.105. The van der Waals surface area contributed by atoms with Crippen molar-refractivity contribution >= 4 is 50.8 Å². The minimum absolute atomic E-state index is 0.0426. The summed E-state index contributed by atoms with van der Waals surface area (Å²) < 4.78 is 0.907. The standard InChI is InChI=1S/C18H19BrClN3O2S/c19-14-2-1-12(16(20)9-14)10-21-18(25)23-6-3-15(4-7-23)22-17(24)13-5-8-26-11-13/h1-2,5,8-9,11,15H,3-4,6-7,10H2,(H,21,25)(H,22,24). The van der Waals surface area contributed by atoms with E-state index in [-0.39, 0.29) is 18.0 Å². The van der Waals surface area contributed by atoms with Gasteiger partial charge in [-0.3, -0.25) is 4.79 Å². The highest BCUT2D eigenvalue weighted by Crippen LogP contribution is 2.21. The number of nitrogens with zero attached hydrogens (tertiary/aromatic N) is 1. The van der Waals surface area contributed by atoms with Crippen LogP contribution in [-0.4, -0.2) is 36.0 Å². The van der Waals surface area contributed by atoms with E-state index in [9.17, 15) is 9.59 Å². The van der Waals surface area contributed by atoms with Gasteiger partial charge in [0.15, 0.2) is 0 Å². The number of thiophene rings is 1. The van der Waals surface area contributed by atoms with Crippen molar-refractivity contribution in [3.63, 3.8) is 0 Å². The molecule has 3 rings (SSSR count). The molecule has 0 aliphatic carbocycles. The first-order valence-electron chi connectivity index (χ1n) is 8.32. The number of rotatable bonds is 4. The third kappa shape index (κ3) is 4.99. The topological polar surface area (TPSA) is 61.4 Å². The Kier molecular flexibility index (Phi) is 6.56. The lowest BCUT2D eigenvalue weighted by Crippen LogP contribution is -2.49. The van der Waals surface area contributed by atoms with Gasteiger partial charge in [0.2, 0.25) is 0 Å². The Morgan fingerprint density at radius 3 is 2.69 bits per heavy atom. The normalized spacial score (nSPS) is 14.9. The van der Waals surface area contributed by atoms with E-state index in [1.807, 2.05) is 35.0 Å². The summed E-state index contributed by atoms with van der Waals surface area (Å²) in [7, 11) is 0. The van der Waals surface area contributed by atoms with Gasteiger partial charge in [-0.15, -0.1) is 0 Å². The van der Waals surface area contributed by atoms with Gasteiger partial charge < -0.3 is 15.5 Å². The first-order chi connectivity index (χ1) is 12.5. The summed E-state index contributed by atoms with van der Waals surface area (Å²) in [4.78, 5) is 26.2. The fourth-order valence-corrected chi connectivity index (χ4v) is 4.21. The van der Waals surface area contributed by atoms with Crippen molar-refractivity contribution in [3.05, 3.63) is 55.6 Å². The van der Waals surface area contributed by atoms with Crippen LogP contribution in [-0.2, 0) is 6.54 Å². The molecular formula is C18H19BrClN3O2S. The van der Waals surface area contributed by atoms with Crippen LogP contribution in [0.3, 0.4) is 0 Å². The molecular weight excluding hydrogens is 438 g/mol. The van der Waals surface area contributed by atoms with Crippen LogP contribution >= 0.6 is 38.9 Å². The zero-order valence-electron chi connectivity index (χ0n) is 14.0. The molecule has 26 heavy (non-hydrogen) atoms. The summed E-state index contributed by atoms with van der Waals surface area (Å²) >= 11 is 11.0. The quantitative estimate of drug-likeness (QED) is 0.722. The molecule has 1 fully saturated rings. The number of halogens is 2. The van der Waals surface area contributed by atoms with Gasteiger partial charge in [0.1, 0.15) is 0 Å². The third-order valence-corrected chi connectivity index (χ3v) is 5.87. The second kappa shape index (κ2) is 8.88. The summed E-state index contributed by atoms with van der Waals surface area (Å²) in [5.41, 5.74) is 1.57. The maximum absolute atomic E-state index is 12.3. The fraction of sp³-hybridized carbons (Fsp3) is 0.333. The van der Waals surface area contributed by atoms with Gasteiger partial charge in [0, 0.05) is 46.1 Å². The lowest BCUT2D eigenvalue weighted by Gasteiger charge is -2.32. The van der Waals surface area contributed by atoms with Crippen molar-refractivity contribution in [2.45, 2.75) is 25.4 Å². The first-order valence-corrected chi connectivity index (χ1v) is 10.4. The Balaban J connectivity index is 1.44. The van der Waals surface area contributed by atoms with Crippen molar-refractivity contribution in [2.24, 2.45) is 0 Å². The summed E-state index contributed by atoms with van der Waals surface area (Å²) in [5.74, 6) is -0.0426. The number of amides is 3. The largest absolute Gasteiger partial charge is 0.349 e. The van der Waals surface area contributed by atoms with Gasteiger partial charge in [-0.05, 0) is 42.0 Å². The van der Waals surface area contributed by atoms with E-state index in [0.29, 0.717) is 30.2 Å². The van der Waals surface area contributed by atoms with Crippen LogP contribution in [0.4, 0.5) is 4.79 Å². The Bertz CT molecular complexity index is 777. The van der Waals surface area contributed by atoms with E-state index in [0.717, 1.165) is 22.9 Å². The smallest absolute Gasteiger partial charge is 0.317 e. The maximum Gasteiger partial charge on any atom is 0.317 e. The van der Waals surface area contributed by atoms with E-state index in [1.54, 1.807) is 4.90 Å². The van der Waals surface area contributed by atoms with Crippen LogP contribution in [0.25, 0.3) is 0 Å². The van der Waals surface area contributed by atoms with Gasteiger partial charge >= 0.3 is 6.03 Å². The van der Waals surface area contributed by atoms with Crippen LogP contribution in [0.1, 0.15) is 28.8 Å². The molecule has 1 aliphatic rings. The van der Waals surface area contributed by atoms with E-state index in [1.165, 1.54) is 11.3 Å². The molecule has 0 atom stereocenters. The molecule has 0 radical (unpaired) electrons. The molecule has 1 saturated heterocycles. The van der Waals surface area contributed by atoms with Crippen LogP contribution in [0.2, 0.25) is 5.02 Å². The van der Waals surface area contributed by atoms with Crippen molar-refractivity contribution in [2.75, 3.05) is 13.1 Å². The van der Waals surface area contributed by atoms with E-state index in [4.69, 9.17) is 11.6 Å². The number of piperidine rings is 1. The zero-order valence-corrected chi connectivity index (χ0v) is 17.2. The predicted octanol–water partition coefficient (Wildman–Crippen LogP) is 4.27. The Morgan fingerprint density at radius 2 is 2.04 bits per heavy atom. The van der Waals surface area contributed by atoms with Gasteiger partial charge in [-0.1, -0.05) is 33.6 Å². The highest BCUT2D eigenvalue weighted by Gasteiger charge is 2.24. The first kappa shape index (κ1) is 19.2. The SMILES string of the molecule is O=C(NC1CCN(C(=O)NCc2ccc(Br)cc2Cl)CC1)c1ccsc1. The summed E-state index contributed by atoms with van der Waals surface area (Å²) in [5, 5.41) is 10.3. The van der Waals surface area contributed by atoms with Gasteiger partial charge in [-0.25, -0.2) is 4.79 Å². The molecule has 138 valence electrons. The highest BCUT2D eigenvalue weighted by atomic mass is 79.9. The maximum atomic E-state index is 12.3. The average molecular weight is 457 g/mol. The van der Waals surface area contributed by atoms with Crippen LogP contribution < -0.4 is 10.6 Å². The molecule has 0 unspecified atom stereocenters. The van der Waals surface area contributed by atoms with Gasteiger partial charge in [0.05, 0.1) is 0 Å². The van der Waals surface area contributed by atoms with Crippen molar-refractivity contribution < 1.29 is 9.59 Å². The second-order valence-electron chi connectivity index (χ2n) is 6.14. The number of urea groups is 1. The summed E-state index contributed by atoms with van der Waals surface area (Å²) in [6, 6.07) is 7.41. The molecule has 2 N–H and O–H groups in total. The van der Waals surface area contributed by atoms with Crippen LogP contribution in [0, 0.1) is 0 Å². The minimum Gasteiger partial charge on any atom is -0.349 e. The highest BCUT2D eigenvalue weighted by molar-refractivity contribution is 9.10. The number of hydrogen-bond donors (Lipinski definition) is 2. The van der Waals surface area contributed by atoms with Crippen molar-refractivity contribution in [1.82, 2.24) is 15.5 Å². The number of nitrogens with one attached hydrogen (secondary N) is 2. The van der Waals surface area contributed by atoms with Crippen LogP contribution in [0.5, 0.6) is 0 Å². The monoisotopic (exact) mass is 455 g/mol. The lowest BCUT2D eigenvalue weighted by molar-refractivity contribution is 0.0918. The predicted molar refractivity (Wildman–Crippen MR) is 108 cm³/mol. The Hall–Kier alpha value is -1.57. The lowest BCUT2D eigenvalue weighted by atomic mass is 10.0. The molecule has 5 nitrogen and oxygen atoms in total. The molecule has 0 saturated carbocycles. The van der Waals surface area contributed by atoms with Crippen molar-refractivity contribution in [1.29, 1.82) is 0 Å². The zero-order chi connectivity index (χ0) is 18.5. The second-order valence-corrected chi connectivity index (χ2v) is 8.24. The molecule has 0 bridgehead atoms. The Labute approximate surface area is 169 Å². The summed E-state index contributed by atoms with van der Waals surface area (Å²) in [6.45, 7) is 1.63. The molecule has 2 heterocycles. The molecule has 1 aliphatic heterocycles. The van der Waals surface area contributed by atoms with Crippen molar-refractivity contribution in [3.8, 4) is 0 Å². The number of carbonyl (C=O) groups excluding carboxylic acids is 2. The molecule has 3 amide bonds. The molecule has 8 heteroatoms. The summed E-state index contributed by atoms with van der Waals surface area (Å²) in [6.07, 6.45) is 1.50. The van der Waals surface area contributed by atoms with Gasteiger partial charge in [-0.2, -0.15) is 11.3 Å². The molecule has 0 spiro atoms. The van der Waals surface area contributed by atoms with E-state index in [2.05, 4.69) is 26.6 Å². The van der Waals surface area contributed by atoms with E-state index >= 15 is 0 Å². The number of benzene rings is 1. The molecule has 1 aromatic heterocycles. The average Bonchev–Trinajstić information content (AvgIpc) is 3.16.